The Morgan fingerprint density at radius 2 is 1.91 bits per heavy atom. The molecule has 6 nitrogen and oxygen atoms in total. The Morgan fingerprint density at radius 3 is 2.38 bits per heavy atom. The summed E-state index contributed by atoms with van der Waals surface area (Å²) < 4.78 is 79.4. The number of hydrogen-bond donors (Lipinski definition) is 1. The maximum Gasteiger partial charge on any atom is 0.417 e. The van der Waals surface area contributed by atoms with Crippen LogP contribution in [0.25, 0.3) is 0 Å². The lowest BCUT2D eigenvalue weighted by Gasteiger charge is -2.33. The molecule has 0 bridgehead atoms. The summed E-state index contributed by atoms with van der Waals surface area (Å²) in [6.45, 7) is 8.90. The van der Waals surface area contributed by atoms with Crippen LogP contribution in [-0.4, -0.2) is 42.8 Å². The second-order valence-electron chi connectivity index (χ2n) is 8.93. The van der Waals surface area contributed by atoms with Crippen molar-refractivity contribution in [1.29, 1.82) is 0 Å². The number of benzene rings is 1. The lowest BCUT2D eigenvalue weighted by atomic mass is 9.74. The molecule has 0 saturated carbocycles. The van der Waals surface area contributed by atoms with Gasteiger partial charge in [0.15, 0.2) is 11.4 Å². The van der Waals surface area contributed by atoms with Gasteiger partial charge in [0, 0.05) is 23.0 Å². The molecule has 2 aliphatic rings. The van der Waals surface area contributed by atoms with Crippen molar-refractivity contribution in [2.75, 3.05) is 13.2 Å². The summed E-state index contributed by atoms with van der Waals surface area (Å²) in [6.07, 6.45) is -7.16. The van der Waals surface area contributed by atoms with E-state index in [0.717, 1.165) is 6.92 Å². The molecular formula is C22H29F4NO5. The second-order valence-corrected chi connectivity index (χ2v) is 8.93. The van der Waals surface area contributed by atoms with Crippen LogP contribution in [0.2, 0.25) is 0 Å². The third-order valence-electron chi connectivity index (χ3n) is 6.46. The van der Waals surface area contributed by atoms with Crippen molar-refractivity contribution in [3.05, 3.63) is 28.6 Å². The number of ether oxygens (including phenoxy) is 4. The first-order valence-electron chi connectivity index (χ1n) is 10.5. The number of hydrogen-bond acceptors (Lipinski definition) is 5. The predicted molar refractivity (Wildman–Crippen MR) is 107 cm³/mol. The van der Waals surface area contributed by atoms with E-state index < -0.39 is 53.3 Å². The summed E-state index contributed by atoms with van der Waals surface area (Å²) >= 11 is 0. The Hall–Kier alpha value is -1.91. The number of alkyl halides is 3. The zero-order valence-corrected chi connectivity index (χ0v) is 18.9. The molecule has 10 heteroatoms. The van der Waals surface area contributed by atoms with E-state index in [1.807, 2.05) is 0 Å². The van der Waals surface area contributed by atoms with Gasteiger partial charge in [0.2, 0.25) is 5.91 Å². The van der Waals surface area contributed by atoms with Gasteiger partial charge >= 0.3 is 6.18 Å². The molecule has 0 aliphatic carbocycles. The van der Waals surface area contributed by atoms with Gasteiger partial charge < -0.3 is 24.7 Å². The third-order valence-corrected chi connectivity index (χ3v) is 6.46. The van der Waals surface area contributed by atoms with Crippen LogP contribution in [0.5, 0.6) is 5.75 Å². The molecule has 0 spiro atoms. The Bertz CT molecular complexity index is 903. The molecule has 32 heavy (non-hydrogen) atoms. The molecule has 1 amide bonds. The molecule has 0 aromatic heterocycles. The molecule has 4 unspecified atom stereocenters. The molecule has 2 fully saturated rings. The van der Waals surface area contributed by atoms with Gasteiger partial charge in [-0.3, -0.25) is 4.79 Å². The maximum atomic E-state index is 14.9. The molecule has 1 aromatic rings. The first-order chi connectivity index (χ1) is 14.6. The highest BCUT2D eigenvalue weighted by Gasteiger charge is 2.66. The minimum atomic E-state index is -4.77. The topological polar surface area (TPSA) is 80.0 Å². The summed E-state index contributed by atoms with van der Waals surface area (Å²) in [5.74, 6) is -4.96. The maximum absolute atomic E-state index is 14.9. The standard InChI is InChI=1S/C22H29F4NO5/c1-7-29-17-10(2)13(23)8-12(14-9-30-20(4,5)31-14)16(17)15-11(3)21(6,22(24,25)26)32-18(15)19(27)28/h8,11,14-15,18H,7,9H2,1-6H3,(H2,27,28)/t11?,14-,15?,18?,21?/m0/s1. The zero-order chi connectivity index (χ0) is 24.2. The van der Waals surface area contributed by atoms with E-state index in [0.29, 0.717) is 0 Å². The number of rotatable bonds is 5. The first-order valence-corrected chi connectivity index (χ1v) is 10.5. The summed E-state index contributed by atoms with van der Waals surface area (Å²) in [5.41, 5.74) is 3.43. The third kappa shape index (κ3) is 3.97. The lowest BCUT2D eigenvalue weighted by Crippen LogP contribution is -2.47. The van der Waals surface area contributed by atoms with Crippen LogP contribution in [0.15, 0.2) is 6.07 Å². The number of halogens is 4. The Kier molecular flexibility index (Phi) is 6.29. The molecule has 180 valence electrons. The van der Waals surface area contributed by atoms with E-state index in [1.165, 1.54) is 19.9 Å². The van der Waals surface area contributed by atoms with Crippen molar-refractivity contribution in [3.8, 4) is 5.75 Å². The molecule has 2 aliphatic heterocycles. The van der Waals surface area contributed by atoms with E-state index in [9.17, 15) is 22.4 Å². The van der Waals surface area contributed by atoms with E-state index in [1.54, 1.807) is 20.8 Å². The van der Waals surface area contributed by atoms with Crippen LogP contribution in [0, 0.1) is 18.7 Å². The normalized spacial score (nSPS) is 32.3. The molecule has 2 N–H and O–H groups in total. The average molecular weight is 463 g/mol. The van der Waals surface area contributed by atoms with Crippen LogP contribution >= 0.6 is 0 Å². The molecule has 5 atom stereocenters. The number of carbonyl (C=O) groups excluding carboxylic acids is 1. The lowest BCUT2D eigenvalue weighted by molar-refractivity contribution is -0.272. The fourth-order valence-corrected chi connectivity index (χ4v) is 4.56. The smallest absolute Gasteiger partial charge is 0.417 e. The van der Waals surface area contributed by atoms with Crippen LogP contribution in [0.1, 0.15) is 63.3 Å². The number of nitrogens with two attached hydrogens (primary N) is 1. The van der Waals surface area contributed by atoms with E-state index >= 15 is 0 Å². The molecular weight excluding hydrogens is 434 g/mol. The highest BCUT2D eigenvalue weighted by Crippen LogP contribution is 2.56. The first kappa shape index (κ1) is 24.7. The fourth-order valence-electron chi connectivity index (χ4n) is 4.56. The summed E-state index contributed by atoms with van der Waals surface area (Å²) in [6, 6.07) is 1.20. The van der Waals surface area contributed by atoms with Gasteiger partial charge in [-0.1, -0.05) is 6.92 Å². The van der Waals surface area contributed by atoms with E-state index in [2.05, 4.69) is 0 Å². The van der Waals surface area contributed by atoms with Crippen LogP contribution in [0.3, 0.4) is 0 Å². The van der Waals surface area contributed by atoms with Crippen molar-refractivity contribution >= 4 is 5.91 Å². The summed E-state index contributed by atoms with van der Waals surface area (Å²) in [5, 5.41) is 0. The summed E-state index contributed by atoms with van der Waals surface area (Å²) in [4.78, 5) is 12.3. The fraction of sp³-hybridized carbons (Fsp3) is 0.682. The monoisotopic (exact) mass is 463 g/mol. The van der Waals surface area contributed by atoms with Crippen molar-refractivity contribution < 1.29 is 41.3 Å². The second kappa shape index (κ2) is 8.14. The van der Waals surface area contributed by atoms with Crippen molar-refractivity contribution in [2.45, 2.75) is 77.2 Å². The summed E-state index contributed by atoms with van der Waals surface area (Å²) in [7, 11) is 0. The van der Waals surface area contributed by atoms with Crippen molar-refractivity contribution in [1.82, 2.24) is 0 Å². The quantitative estimate of drug-likeness (QED) is 0.660. The van der Waals surface area contributed by atoms with Gasteiger partial charge in [-0.2, -0.15) is 13.2 Å². The molecule has 0 radical (unpaired) electrons. The highest BCUT2D eigenvalue weighted by molar-refractivity contribution is 5.81. The molecule has 2 heterocycles. The van der Waals surface area contributed by atoms with E-state index in [-0.39, 0.29) is 35.7 Å². The van der Waals surface area contributed by atoms with Crippen molar-refractivity contribution in [3.63, 3.8) is 0 Å². The highest BCUT2D eigenvalue weighted by atomic mass is 19.4. The predicted octanol–water partition coefficient (Wildman–Crippen LogP) is 4.28. The SMILES string of the molecule is CCOc1c(C)c(F)cc([C@@H]2COC(C)(C)O2)c1C1C(C(N)=O)OC(C)(C(F)(F)F)C1C. The van der Waals surface area contributed by atoms with Gasteiger partial charge in [0.05, 0.1) is 13.2 Å². The average Bonchev–Trinajstić information content (AvgIpc) is 3.17. The Labute approximate surface area is 184 Å². The Balaban J connectivity index is 2.28. The van der Waals surface area contributed by atoms with Gasteiger partial charge in [-0.15, -0.1) is 0 Å². The molecule has 1 aromatic carbocycles. The zero-order valence-electron chi connectivity index (χ0n) is 18.9. The van der Waals surface area contributed by atoms with Gasteiger partial charge in [0.1, 0.15) is 23.8 Å². The van der Waals surface area contributed by atoms with Crippen LogP contribution in [-0.2, 0) is 19.0 Å². The minimum absolute atomic E-state index is 0.0494. The largest absolute Gasteiger partial charge is 0.493 e. The van der Waals surface area contributed by atoms with Gasteiger partial charge in [0.25, 0.3) is 0 Å². The molecule has 2 saturated heterocycles. The van der Waals surface area contributed by atoms with Crippen molar-refractivity contribution in [2.24, 2.45) is 11.7 Å². The van der Waals surface area contributed by atoms with E-state index in [4.69, 9.17) is 24.7 Å². The number of carbonyl (C=O) groups is 1. The Morgan fingerprint density at radius 1 is 1.28 bits per heavy atom. The van der Waals surface area contributed by atoms with Gasteiger partial charge in [-0.25, -0.2) is 4.39 Å². The van der Waals surface area contributed by atoms with Gasteiger partial charge in [-0.05, 0) is 46.2 Å². The minimum Gasteiger partial charge on any atom is -0.493 e. The van der Waals surface area contributed by atoms with Crippen LogP contribution in [0.4, 0.5) is 17.6 Å². The van der Waals surface area contributed by atoms with Crippen LogP contribution < -0.4 is 10.5 Å². The molecule has 3 rings (SSSR count). The number of amides is 1. The number of primary amides is 1.